The highest BCUT2D eigenvalue weighted by molar-refractivity contribution is 5.94. The topological polar surface area (TPSA) is 43.9 Å². The van der Waals surface area contributed by atoms with Crippen LogP contribution >= 0.6 is 0 Å². The Morgan fingerprint density at radius 2 is 1.81 bits per heavy atom. The Labute approximate surface area is 158 Å². The van der Waals surface area contributed by atoms with Crippen molar-refractivity contribution in [3.63, 3.8) is 0 Å². The maximum absolute atomic E-state index is 12.6. The fourth-order valence-corrected chi connectivity index (χ4v) is 3.62. The molecule has 0 N–H and O–H groups in total. The number of rotatable bonds is 6. The fourth-order valence-electron chi connectivity index (χ4n) is 3.62. The minimum atomic E-state index is -0.00944. The number of nitrogens with zero attached hydrogens (tertiary/aromatic N) is 3. The van der Waals surface area contributed by atoms with Gasteiger partial charge in [-0.05, 0) is 30.5 Å². The number of hydrogen-bond acceptors (Lipinski definition) is 3. The quantitative estimate of drug-likeness (QED) is 0.784. The molecule has 1 aromatic rings. The number of aryl methyl sites for hydroxylation is 1. The van der Waals surface area contributed by atoms with Crippen LogP contribution in [0.25, 0.3) is 0 Å². The van der Waals surface area contributed by atoms with E-state index in [9.17, 15) is 9.59 Å². The molecular weight excluding hydrogens is 326 g/mol. The molecule has 1 fully saturated rings. The molecule has 1 aliphatic heterocycles. The second-order valence-electron chi connectivity index (χ2n) is 7.40. The molecule has 1 heterocycles. The van der Waals surface area contributed by atoms with Gasteiger partial charge in [-0.1, -0.05) is 39.0 Å². The van der Waals surface area contributed by atoms with Crippen molar-refractivity contribution in [3.05, 3.63) is 29.3 Å². The van der Waals surface area contributed by atoms with Gasteiger partial charge < -0.3 is 14.7 Å². The predicted molar refractivity (Wildman–Crippen MR) is 107 cm³/mol. The molecule has 0 atom stereocenters. The minimum Gasteiger partial charge on any atom is -0.340 e. The number of amides is 2. The smallest absolute Gasteiger partial charge is 0.224 e. The summed E-state index contributed by atoms with van der Waals surface area (Å²) < 4.78 is 0. The number of carbonyl (C=O) groups excluding carboxylic acids is 2. The van der Waals surface area contributed by atoms with Crippen LogP contribution in [0.1, 0.15) is 51.2 Å². The van der Waals surface area contributed by atoms with Gasteiger partial charge in [0.05, 0.1) is 0 Å². The lowest BCUT2D eigenvalue weighted by Crippen LogP contribution is -2.49. The van der Waals surface area contributed by atoms with Crippen LogP contribution in [0.2, 0.25) is 0 Å². The van der Waals surface area contributed by atoms with E-state index in [1.54, 1.807) is 11.8 Å². The Balaban J connectivity index is 2.08. The summed E-state index contributed by atoms with van der Waals surface area (Å²) in [4.78, 5) is 31.0. The molecule has 1 saturated heterocycles. The van der Waals surface area contributed by atoms with Crippen molar-refractivity contribution in [2.75, 3.05) is 44.2 Å². The normalized spacial score (nSPS) is 15.4. The first kappa shape index (κ1) is 20.4. The van der Waals surface area contributed by atoms with Crippen molar-refractivity contribution in [2.24, 2.45) is 0 Å². The molecule has 2 amide bonds. The van der Waals surface area contributed by atoms with Crippen molar-refractivity contribution in [2.45, 2.75) is 47.0 Å². The van der Waals surface area contributed by atoms with Gasteiger partial charge in [0.25, 0.3) is 0 Å². The van der Waals surface area contributed by atoms with E-state index in [2.05, 4.69) is 31.7 Å². The zero-order chi connectivity index (χ0) is 19.3. The first-order valence-corrected chi connectivity index (χ1v) is 9.72. The number of anilines is 1. The molecule has 144 valence electrons. The summed E-state index contributed by atoms with van der Waals surface area (Å²) in [6, 6.07) is 6.14. The number of para-hydroxylation sites is 1. The maximum atomic E-state index is 12.6. The molecule has 5 heteroatoms. The van der Waals surface area contributed by atoms with Crippen LogP contribution in [0.4, 0.5) is 5.69 Å². The van der Waals surface area contributed by atoms with Gasteiger partial charge in [-0.15, -0.1) is 0 Å². The summed E-state index contributed by atoms with van der Waals surface area (Å²) in [7, 11) is 0. The number of likely N-dealkylation sites (N-methyl/N-ethyl adjacent to an activating group) is 1. The van der Waals surface area contributed by atoms with Crippen LogP contribution < -0.4 is 4.90 Å². The van der Waals surface area contributed by atoms with Crippen molar-refractivity contribution in [1.82, 2.24) is 9.80 Å². The molecule has 26 heavy (non-hydrogen) atoms. The first-order chi connectivity index (χ1) is 12.3. The van der Waals surface area contributed by atoms with Crippen LogP contribution in [-0.4, -0.2) is 60.9 Å². The SMILES string of the molecule is CCN1CCN(C(=O)CCN(C(C)=O)c2c(C)cccc2C(C)C)CC1. The summed E-state index contributed by atoms with van der Waals surface area (Å²) in [5.74, 6) is 0.459. The largest absolute Gasteiger partial charge is 0.340 e. The Hall–Kier alpha value is -1.88. The van der Waals surface area contributed by atoms with Crippen molar-refractivity contribution >= 4 is 17.5 Å². The summed E-state index contributed by atoms with van der Waals surface area (Å²) in [5, 5.41) is 0. The van der Waals surface area contributed by atoms with Gasteiger partial charge >= 0.3 is 0 Å². The van der Waals surface area contributed by atoms with Gasteiger partial charge in [-0.25, -0.2) is 0 Å². The lowest BCUT2D eigenvalue weighted by atomic mass is 9.97. The van der Waals surface area contributed by atoms with Gasteiger partial charge in [0.15, 0.2) is 0 Å². The van der Waals surface area contributed by atoms with E-state index in [-0.39, 0.29) is 11.8 Å². The second-order valence-corrected chi connectivity index (χ2v) is 7.40. The number of benzene rings is 1. The van der Waals surface area contributed by atoms with Crippen LogP contribution in [0.3, 0.4) is 0 Å². The van der Waals surface area contributed by atoms with Crippen LogP contribution in [-0.2, 0) is 9.59 Å². The first-order valence-electron chi connectivity index (χ1n) is 9.72. The molecule has 0 aromatic heterocycles. The van der Waals surface area contributed by atoms with Crippen molar-refractivity contribution in [3.8, 4) is 0 Å². The molecular formula is C21H33N3O2. The summed E-state index contributed by atoms with van der Waals surface area (Å²) >= 11 is 0. The van der Waals surface area contributed by atoms with Crippen molar-refractivity contribution in [1.29, 1.82) is 0 Å². The van der Waals surface area contributed by atoms with Crippen LogP contribution in [0, 0.1) is 6.92 Å². The summed E-state index contributed by atoms with van der Waals surface area (Å²) in [5.41, 5.74) is 3.21. The molecule has 0 bridgehead atoms. The molecule has 0 spiro atoms. The third-order valence-corrected chi connectivity index (χ3v) is 5.26. The highest BCUT2D eigenvalue weighted by atomic mass is 16.2. The van der Waals surface area contributed by atoms with Gasteiger partial charge in [0, 0.05) is 51.8 Å². The fraction of sp³-hybridized carbons (Fsp3) is 0.619. The molecule has 5 nitrogen and oxygen atoms in total. The Morgan fingerprint density at radius 3 is 2.35 bits per heavy atom. The molecule has 1 aliphatic rings. The molecule has 0 aliphatic carbocycles. The zero-order valence-electron chi connectivity index (χ0n) is 16.9. The summed E-state index contributed by atoms with van der Waals surface area (Å²) in [6.45, 7) is 15.0. The Bertz CT molecular complexity index is 634. The Morgan fingerprint density at radius 1 is 1.15 bits per heavy atom. The van der Waals surface area contributed by atoms with Gasteiger partial charge in [-0.2, -0.15) is 0 Å². The molecule has 1 aromatic carbocycles. The van der Waals surface area contributed by atoms with E-state index < -0.39 is 0 Å². The highest BCUT2D eigenvalue weighted by Gasteiger charge is 2.23. The third-order valence-electron chi connectivity index (χ3n) is 5.26. The maximum Gasteiger partial charge on any atom is 0.224 e. The van der Waals surface area contributed by atoms with E-state index in [4.69, 9.17) is 0 Å². The molecule has 0 radical (unpaired) electrons. The van der Waals surface area contributed by atoms with Gasteiger partial charge in [-0.3, -0.25) is 9.59 Å². The second kappa shape index (κ2) is 9.17. The number of piperazine rings is 1. The Kier molecular flexibility index (Phi) is 7.21. The van der Waals surface area contributed by atoms with Crippen LogP contribution in [0.15, 0.2) is 18.2 Å². The monoisotopic (exact) mass is 359 g/mol. The molecule has 0 unspecified atom stereocenters. The van der Waals surface area contributed by atoms with Crippen molar-refractivity contribution < 1.29 is 9.59 Å². The van der Waals surface area contributed by atoms with Gasteiger partial charge in [0.2, 0.25) is 11.8 Å². The lowest BCUT2D eigenvalue weighted by Gasteiger charge is -2.34. The highest BCUT2D eigenvalue weighted by Crippen LogP contribution is 2.31. The van der Waals surface area contributed by atoms with E-state index in [0.29, 0.717) is 18.9 Å². The zero-order valence-corrected chi connectivity index (χ0v) is 16.9. The summed E-state index contributed by atoms with van der Waals surface area (Å²) in [6.07, 6.45) is 0.373. The predicted octanol–water partition coefficient (Wildman–Crippen LogP) is 3.03. The third kappa shape index (κ3) is 4.85. The number of hydrogen-bond donors (Lipinski definition) is 0. The minimum absolute atomic E-state index is 0.00944. The molecule has 0 saturated carbocycles. The molecule has 2 rings (SSSR count). The van der Waals surface area contributed by atoms with E-state index in [1.807, 2.05) is 24.0 Å². The average Bonchev–Trinajstić information content (AvgIpc) is 2.62. The van der Waals surface area contributed by atoms with E-state index >= 15 is 0 Å². The van der Waals surface area contributed by atoms with Crippen LogP contribution in [0.5, 0.6) is 0 Å². The lowest BCUT2D eigenvalue weighted by molar-refractivity contribution is -0.132. The standard InChI is InChI=1S/C21H33N3O2/c1-6-22-12-14-23(15-13-22)20(26)10-11-24(18(5)25)21-17(4)8-7-9-19(21)16(2)3/h7-9,16H,6,10-15H2,1-5H3. The van der Waals surface area contributed by atoms with Gasteiger partial charge in [0.1, 0.15) is 0 Å². The average molecular weight is 360 g/mol. The van der Waals surface area contributed by atoms with E-state index in [1.165, 1.54) is 0 Å². The van der Waals surface area contributed by atoms with E-state index in [0.717, 1.165) is 49.5 Å². The number of carbonyl (C=O) groups is 2.